The van der Waals surface area contributed by atoms with E-state index in [4.69, 9.17) is 0 Å². The summed E-state index contributed by atoms with van der Waals surface area (Å²) in [5.74, 6) is -3.24. The molecule has 10 heteroatoms. The molecule has 0 spiro atoms. The summed E-state index contributed by atoms with van der Waals surface area (Å²) in [6.07, 6.45) is 1.61. The minimum absolute atomic E-state index is 0.142. The molecule has 7 nitrogen and oxygen atoms in total. The fourth-order valence-electron chi connectivity index (χ4n) is 2.26. The van der Waals surface area contributed by atoms with Crippen molar-refractivity contribution in [3.8, 4) is 0 Å². The Labute approximate surface area is 141 Å². The number of hydrogen-bond donors (Lipinski definition) is 2. The molecule has 0 fully saturated rings. The van der Waals surface area contributed by atoms with Gasteiger partial charge in [0.2, 0.25) is 0 Å². The highest BCUT2D eigenvalue weighted by Crippen LogP contribution is 2.14. The number of pyridine rings is 1. The third kappa shape index (κ3) is 3.21. The van der Waals surface area contributed by atoms with Gasteiger partial charge in [-0.05, 0) is 37.3 Å². The molecule has 0 saturated heterocycles. The number of benzene rings is 1. The second kappa shape index (κ2) is 6.22. The van der Waals surface area contributed by atoms with Crippen LogP contribution in [0.1, 0.15) is 16.2 Å². The molecule has 0 unspecified atom stereocenters. The van der Waals surface area contributed by atoms with E-state index in [1.54, 1.807) is 31.3 Å². The predicted octanol–water partition coefficient (Wildman–Crippen LogP) is 1.54. The molecular formula is C15H12F2N4O3S. The third-order valence-electron chi connectivity index (χ3n) is 3.42. The molecular weight excluding hydrogens is 354 g/mol. The van der Waals surface area contributed by atoms with E-state index in [-0.39, 0.29) is 5.69 Å². The van der Waals surface area contributed by atoms with Crippen molar-refractivity contribution >= 4 is 21.6 Å². The van der Waals surface area contributed by atoms with Crippen LogP contribution in [0.25, 0.3) is 5.65 Å². The van der Waals surface area contributed by atoms with Gasteiger partial charge in [-0.15, -0.1) is 4.83 Å². The maximum atomic E-state index is 13.2. The van der Waals surface area contributed by atoms with E-state index < -0.39 is 32.5 Å². The Balaban J connectivity index is 1.83. The lowest BCUT2D eigenvalue weighted by Crippen LogP contribution is -2.42. The highest BCUT2D eigenvalue weighted by atomic mass is 32.2. The Bertz CT molecular complexity index is 1080. The topological polar surface area (TPSA) is 92.6 Å². The molecule has 0 aliphatic heterocycles. The summed E-state index contributed by atoms with van der Waals surface area (Å²) in [6, 6.07) is 7.21. The summed E-state index contributed by atoms with van der Waals surface area (Å²) < 4.78 is 51.8. The lowest BCUT2D eigenvalue weighted by Gasteiger charge is -2.09. The molecule has 0 aliphatic rings. The van der Waals surface area contributed by atoms with Crippen LogP contribution in [-0.4, -0.2) is 23.7 Å². The number of halogens is 2. The van der Waals surface area contributed by atoms with Gasteiger partial charge < -0.3 is 0 Å². The fraction of sp³-hybridized carbons (Fsp3) is 0.0667. The van der Waals surface area contributed by atoms with Crippen molar-refractivity contribution in [2.45, 2.75) is 11.8 Å². The largest absolute Gasteiger partial charge is 0.295 e. The summed E-state index contributed by atoms with van der Waals surface area (Å²) >= 11 is 0. The summed E-state index contributed by atoms with van der Waals surface area (Å²) in [5, 5.41) is 0. The summed E-state index contributed by atoms with van der Waals surface area (Å²) in [5.41, 5.74) is 3.10. The average Bonchev–Trinajstić information content (AvgIpc) is 2.91. The molecule has 3 aromatic rings. The predicted molar refractivity (Wildman–Crippen MR) is 84.1 cm³/mol. The first-order valence-corrected chi connectivity index (χ1v) is 8.49. The zero-order valence-corrected chi connectivity index (χ0v) is 13.6. The van der Waals surface area contributed by atoms with Gasteiger partial charge in [-0.25, -0.2) is 22.2 Å². The number of aromatic nitrogens is 2. The number of amides is 1. The van der Waals surface area contributed by atoms with Gasteiger partial charge in [0.15, 0.2) is 11.6 Å². The number of rotatable bonds is 4. The van der Waals surface area contributed by atoms with Gasteiger partial charge in [-0.1, -0.05) is 6.07 Å². The van der Waals surface area contributed by atoms with Gasteiger partial charge in [0.25, 0.3) is 15.9 Å². The fourth-order valence-corrected chi connectivity index (χ4v) is 3.11. The molecule has 0 atom stereocenters. The van der Waals surface area contributed by atoms with Crippen molar-refractivity contribution in [3.63, 3.8) is 0 Å². The monoisotopic (exact) mass is 366 g/mol. The van der Waals surface area contributed by atoms with Crippen LogP contribution in [0.5, 0.6) is 0 Å². The van der Waals surface area contributed by atoms with E-state index in [1.165, 1.54) is 4.40 Å². The van der Waals surface area contributed by atoms with Crippen LogP contribution < -0.4 is 10.3 Å². The van der Waals surface area contributed by atoms with Crippen LogP contribution in [0.4, 0.5) is 8.78 Å². The van der Waals surface area contributed by atoms with E-state index in [2.05, 4.69) is 4.98 Å². The minimum Gasteiger partial charge on any atom is -0.295 e. The van der Waals surface area contributed by atoms with Gasteiger partial charge in [-0.2, -0.15) is 0 Å². The first-order chi connectivity index (χ1) is 11.8. The Hall–Kier alpha value is -2.85. The molecule has 2 aromatic heterocycles. The molecule has 0 saturated carbocycles. The first-order valence-electron chi connectivity index (χ1n) is 7.00. The Morgan fingerprint density at radius 2 is 1.92 bits per heavy atom. The van der Waals surface area contributed by atoms with Crippen LogP contribution in [0.15, 0.2) is 47.5 Å². The highest BCUT2D eigenvalue weighted by molar-refractivity contribution is 7.89. The summed E-state index contributed by atoms with van der Waals surface area (Å²) in [7, 11) is -4.27. The lowest BCUT2D eigenvalue weighted by atomic mass is 10.3. The second-order valence-electron chi connectivity index (χ2n) is 5.11. The normalized spacial score (nSPS) is 11.6. The molecule has 0 bridgehead atoms. The van der Waals surface area contributed by atoms with Crippen molar-refractivity contribution in [1.29, 1.82) is 0 Å². The van der Waals surface area contributed by atoms with Crippen molar-refractivity contribution in [3.05, 3.63) is 65.6 Å². The van der Waals surface area contributed by atoms with Gasteiger partial charge in [0.05, 0.1) is 10.6 Å². The molecule has 1 aromatic carbocycles. The SMILES string of the molecule is Cc1nc2ccccn2c1C(=O)NNS(=O)(=O)c1ccc(F)c(F)c1. The van der Waals surface area contributed by atoms with Crippen molar-refractivity contribution in [2.24, 2.45) is 0 Å². The molecule has 1 amide bonds. The maximum Gasteiger partial charge on any atom is 0.285 e. The van der Waals surface area contributed by atoms with Gasteiger partial charge in [0, 0.05) is 6.20 Å². The quantitative estimate of drug-likeness (QED) is 0.685. The van der Waals surface area contributed by atoms with Crippen molar-refractivity contribution in [1.82, 2.24) is 19.6 Å². The first kappa shape index (κ1) is 17.0. The van der Waals surface area contributed by atoms with Crippen molar-refractivity contribution < 1.29 is 22.0 Å². The molecule has 2 N–H and O–H groups in total. The molecule has 25 heavy (non-hydrogen) atoms. The van der Waals surface area contributed by atoms with E-state index in [0.29, 0.717) is 23.5 Å². The number of fused-ring (bicyclic) bond motifs is 1. The third-order valence-corrected chi connectivity index (χ3v) is 4.66. The Morgan fingerprint density at radius 3 is 2.64 bits per heavy atom. The summed E-state index contributed by atoms with van der Waals surface area (Å²) in [4.78, 5) is 17.8. The number of nitrogens with zero attached hydrogens (tertiary/aromatic N) is 2. The van der Waals surface area contributed by atoms with Gasteiger partial charge in [0.1, 0.15) is 11.3 Å². The van der Waals surface area contributed by atoms with Gasteiger partial charge >= 0.3 is 0 Å². The van der Waals surface area contributed by atoms with E-state index >= 15 is 0 Å². The Kier molecular flexibility index (Phi) is 4.23. The van der Waals surface area contributed by atoms with Crippen LogP contribution in [0.2, 0.25) is 0 Å². The van der Waals surface area contributed by atoms with E-state index in [0.717, 1.165) is 6.07 Å². The van der Waals surface area contributed by atoms with E-state index in [9.17, 15) is 22.0 Å². The average molecular weight is 366 g/mol. The lowest BCUT2D eigenvalue weighted by molar-refractivity contribution is 0.0938. The maximum absolute atomic E-state index is 13.2. The molecule has 2 heterocycles. The zero-order chi connectivity index (χ0) is 18.2. The molecule has 0 aliphatic carbocycles. The molecule has 0 radical (unpaired) electrons. The standard InChI is InChI=1S/C15H12F2N4O3S/c1-9-14(21-7-3-2-4-13(21)18-9)15(22)19-20-25(23,24)10-5-6-11(16)12(17)8-10/h2-8,20H,1H3,(H,19,22). The number of hydrogen-bond acceptors (Lipinski definition) is 4. The number of carbonyl (C=O) groups excluding carboxylic acids is 1. The molecule has 3 rings (SSSR count). The number of imidazole rings is 1. The van der Waals surface area contributed by atoms with E-state index in [1.807, 2.05) is 10.3 Å². The number of carbonyl (C=O) groups is 1. The van der Waals surface area contributed by atoms with Crippen molar-refractivity contribution in [2.75, 3.05) is 0 Å². The second-order valence-corrected chi connectivity index (χ2v) is 6.79. The Morgan fingerprint density at radius 1 is 1.16 bits per heavy atom. The van der Waals surface area contributed by atoms with Crippen LogP contribution in [-0.2, 0) is 10.0 Å². The minimum atomic E-state index is -4.27. The number of nitrogens with one attached hydrogen (secondary N) is 2. The molecule has 130 valence electrons. The van der Waals surface area contributed by atoms with Crippen LogP contribution >= 0.6 is 0 Å². The summed E-state index contributed by atoms with van der Waals surface area (Å²) in [6.45, 7) is 1.60. The number of sulfonamides is 1. The number of hydrazine groups is 1. The van der Waals surface area contributed by atoms with Crippen LogP contribution in [0, 0.1) is 18.6 Å². The highest BCUT2D eigenvalue weighted by Gasteiger charge is 2.20. The van der Waals surface area contributed by atoms with Gasteiger partial charge in [-0.3, -0.25) is 14.6 Å². The zero-order valence-electron chi connectivity index (χ0n) is 12.8. The smallest absolute Gasteiger partial charge is 0.285 e. The number of aryl methyl sites for hydroxylation is 1. The van der Waals surface area contributed by atoms with Crippen LogP contribution in [0.3, 0.4) is 0 Å².